The molecule has 1 saturated carbocycles. The molecule has 1 spiro atoms. The maximum atomic E-state index is 13.3. The van der Waals surface area contributed by atoms with Crippen LogP contribution in [-0.2, 0) is 36.5 Å². The average Bonchev–Trinajstić information content (AvgIpc) is 3.17. The zero-order valence-corrected chi connectivity index (χ0v) is 27.5. The molecule has 2 aromatic carbocycles. The number of aliphatic hydroxyl groups is 1. The number of hydrogen-bond donors (Lipinski definition) is 2. The van der Waals surface area contributed by atoms with E-state index in [4.69, 9.17) is 25.8 Å². The van der Waals surface area contributed by atoms with Gasteiger partial charge in [0.1, 0.15) is 5.75 Å². The third kappa shape index (κ3) is 6.39. The second-order valence-corrected chi connectivity index (χ2v) is 13.9. The highest BCUT2D eigenvalue weighted by atomic mass is 35.5. The molecule has 1 amide bonds. The Bertz CT molecular complexity index is 1480. The second kappa shape index (κ2) is 13.6. The van der Waals surface area contributed by atoms with Gasteiger partial charge in [0.15, 0.2) is 5.60 Å². The maximum absolute atomic E-state index is 13.3. The molecule has 6 rings (SSSR count). The van der Waals surface area contributed by atoms with E-state index in [9.17, 15) is 19.8 Å². The number of carbonyl (C=O) groups excluding carboxylic acids is 1. The summed E-state index contributed by atoms with van der Waals surface area (Å²) >= 11 is 6.43. The normalized spacial score (nSPS) is 30.4. The number of ether oxygens (including phenoxy) is 3. The SMILES string of the molecule is COCCO[C@H]1/C=C\CCN(C)C(=O)C[C@](O)(C(=O)O)c2ccc3c(c2)N(C[C@@H]2CC[C@H]21)C[C@@]1(CCCc2cc(Cl)ccc21)CO3. The van der Waals surface area contributed by atoms with Crippen molar-refractivity contribution in [2.45, 2.75) is 62.1 Å². The predicted octanol–water partition coefficient (Wildman–Crippen LogP) is 4.95. The average molecular weight is 653 g/mol. The fraction of sp³-hybridized carbons (Fsp3) is 0.556. The van der Waals surface area contributed by atoms with Crippen LogP contribution >= 0.6 is 11.6 Å². The first-order valence-corrected chi connectivity index (χ1v) is 16.8. The second-order valence-electron chi connectivity index (χ2n) is 13.5. The van der Waals surface area contributed by atoms with Crippen LogP contribution in [0.4, 0.5) is 5.69 Å². The molecule has 5 atom stereocenters. The van der Waals surface area contributed by atoms with E-state index in [1.165, 1.54) is 16.0 Å². The summed E-state index contributed by atoms with van der Waals surface area (Å²) < 4.78 is 18.2. The van der Waals surface area contributed by atoms with Crippen molar-refractivity contribution < 1.29 is 34.0 Å². The van der Waals surface area contributed by atoms with Gasteiger partial charge in [-0.05, 0) is 91.3 Å². The largest absolute Gasteiger partial charge is 0.490 e. The van der Waals surface area contributed by atoms with Gasteiger partial charge in [0.05, 0.1) is 38.0 Å². The summed E-state index contributed by atoms with van der Waals surface area (Å²) in [5.74, 6) is -0.645. The number of nitrogens with zero attached hydrogens (tertiary/aromatic N) is 2. The molecule has 0 saturated heterocycles. The molecular formula is C36H45ClN2O7. The molecule has 4 aliphatic rings. The van der Waals surface area contributed by atoms with Crippen LogP contribution < -0.4 is 9.64 Å². The van der Waals surface area contributed by atoms with Crippen LogP contribution in [0.1, 0.15) is 55.2 Å². The molecule has 1 fully saturated rings. The molecule has 46 heavy (non-hydrogen) atoms. The summed E-state index contributed by atoms with van der Waals surface area (Å²) in [6, 6.07) is 11.2. The van der Waals surface area contributed by atoms with Gasteiger partial charge in [0.25, 0.3) is 0 Å². The number of fused-ring (bicyclic) bond motifs is 4. The van der Waals surface area contributed by atoms with E-state index in [1.54, 1.807) is 32.4 Å². The first kappa shape index (κ1) is 32.8. The van der Waals surface area contributed by atoms with Crippen LogP contribution in [0.25, 0.3) is 0 Å². The minimum atomic E-state index is -2.39. The summed E-state index contributed by atoms with van der Waals surface area (Å²) in [6.45, 7) is 3.25. The number of aliphatic carboxylic acids is 1. The Hall–Kier alpha value is -3.11. The number of anilines is 1. The van der Waals surface area contributed by atoms with Crippen molar-refractivity contribution in [3.63, 3.8) is 0 Å². The Morgan fingerprint density at radius 3 is 2.78 bits per heavy atom. The minimum Gasteiger partial charge on any atom is -0.490 e. The molecule has 0 aromatic heterocycles. The van der Waals surface area contributed by atoms with Gasteiger partial charge in [-0.3, -0.25) is 4.79 Å². The summed E-state index contributed by atoms with van der Waals surface area (Å²) in [5.41, 5.74) is 0.696. The lowest BCUT2D eigenvalue weighted by Crippen LogP contribution is -2.50. The molecule has 2 N–H and O–H groups in total. The van der Waals surface area contributed by atoms with E-state index >= 15 is 0 Å². The fourth-order valence-corrected chi connectivity index (χ4v) is 7.97. The van der Waals surface area contributed by atoms with E-state index in [0.717, 1.165) is 49.4 Å². The van der Waals surface area contributed by atoms with Crippen molar-refractivity contribution in [1.29, 1.82) is 0 Å². The number of amides is 1. The monoisotopic (exact) mass is 652 g/mol. The molecular weight excluding hydrogens is 608 g/mol. The Labute approximate surface area is 276 Å². The Kier molecular flexibility index (Phi) is 9.67. The Morgan fingerprint density at radius 1 is 1.17 bits per heavy atom. The molecule has 0 unspecified atom stereocenters. The highest BCUT2D eigenvalue weighted by molar-refractivity contribution is 6.30. The standard InChI is InChI=1S/C36H45ClN2O7/c1-38-15-4-3-7-31(45-17-16-44-2)28-11-8-25(28)21-39-22-35(14-5-6-24-18-27(37)10-12-29(24)35)23-46-32-13-9-26(19-30(32)39)36(43,34(41)42)20-33(38)40/h3,7,9-10,12-13,18-19,25,28,31,43H,4-6,8,11,14-17,20-23H2,1-2H3,(H,41,42)/b7-3-/t25-,28+,31-,35-,36+/m0/s1. The van der Waals surface area contributed by atoms with Crippen LogP contribution in [0.3, 0.4) is 0 Å². The summed E-state index contributed by atoms with van der Waals surface area (Å²) in [5, 5.41) is 22.6. The number of carboxylic acid groups (broad SMARTS) is 1. The van der Waals surface area contributed by atoms with Crippen LogP contribution in [-0.4, -0.2) is 86.7 Å². The molecule has 248 valence electrons. The molecule has 9 nitrogen and oxygen atoms in total. The number of rotatable bonds is 5. The lowest BCUT2D eigenvalue weighted by atomic mass is 9.68. The van der Waals surface area contributed by atoms with Gasteiger partial charge in [-0.2, -0.15) is 0 Å². The molecule has 2 heterocycles. The number of methoxy groups -OCH3 is 1. The summed E-state index contributed by atoms with van der Waals surface area (Å²) in [6.07, 6.45) is 9.08. The highest BCUT2D eigenvalue weighted by Crippen LogP contribution is 2.47. The van der Waals surface area contributed by atoms with Crippen LogP contribution in [0.15, 0.2) is 48.6 Å². The number of carboxylic acids is 1. The summed E-state index contributed by atoms with van der Waals surface area (Å²) in [4.78, 5) is 29.7. The van der Waals surface area contributed by atoms with Gasteiger partial charge in [-0.1, -0.05) is 35.9 Å². The van der Waals surface area contributed by atoms with Crippen molar-refractivity contribution in [3.05, 3.63) is 70.3 Å². The quantitative estimate of drug-likeness (QED) is 0.345. The van der Waals surface area contributed by atoms with Gasteiger partial charge >= 0.3 is 5.97 Å². The van der Waals surface area contributed by atoms with Crippen LogP contribution in [0.5, 0.6) is 5.75 Å². The van der Waals surface area contributed by atoms with E-state index in [1.807, 2.05) is 12.1 Å². The van der Waals surface area contributed by atoms with Crippen molar-refractivity contribution in [1.82, 2.24) is 4.90 Å². The van der Waals surface area contributed by atoms with Gasteiger partial charge in [-0.15, -0.1) is 0 Å². The number of carbonyl (C=O) groups is 2. The Balaban J connectivity index is 1.44. The van der Waals surface area contributed by atoms with Gasteiger partial charge < -0.3 is 34.2 Å². The third-order valence-corrected chi connectivity index (χ3v) is 10.8. The van der Waals surface area contributed by atoms with Gasteiger partial charge in [0, 0.05) is 44.2 Å². The topological polar surface area (TPSA) is 109 Å². The van der Waals surface area contributed by atoms with Gasteiger partial charge in [-0.25, -0.2) is 4.79 Å². The maximum Gasteiger partial charge on any atom is 0.340 e. The molecule has 2 aliphatic heterocycles. The molecule has 2 aliphatic carbocycles. The predicted molar refractivity (Wildman–Crippen MR) is 176 cm³/mol. The van der Waals surface area contributed by atoms with Crippen molar-refractivity contribution >= 4 is 29.2 Å². The zero-order valence-electron chi connectivity index (χ0n) is 26.8. The fourth-order valence-electron chi connectivity index (χ4n) is 7.78. The number of hydrogen-bond acceptors (Lipinski definition) is 7. The minimum absolute atomic E-state index is 0.0829. The molecule has 10 heteroatoms. The van der Waals surface area contributed by atoms with Crippen LogP contribution in [0, 0.1) is 11.8 Å². The van der Waals surface area contributed by atoms with Gasteiger partial charge in [0.2, 0.25) is 5.91 Å². The number of halogens is 1. The summed E-state index contributed by atoms with van der Waals surface area (Å²) in [7, 11) is 3.31. The number of aryl methyl sites for hydroxylation is 1. The van der Waals surface area contributed by atoms with Crippen molar-refractivity contribution in [2.24, 2.45) is 11.8 Å². The first-order valence-electron chi connectivity index (χ1n) is 16.4. The lowest BCUT2D eigenvalue weighted by Gasteiger charge is -2.46. The van der Waals surface area contributed by atoms with E-state index in [2.05, 4.69) is 23.1 Å². The highest BCUT2D eigenvalue weighted by Gasteiger charge is 2.46. The zero-order chi connectivity index (χ0) is 32.5. The first-order chi connectivity index (χ1) is 22.1. The molecule has 2 aromatic rings. The van der Waals surface area contributed by atoms with Crippen molar-refractivity contribution in [2.75, 3.05) is 58.5 Å². The Morgan fingerprint density at radius 2 is 2.02 bits per heavy atom. The molecule has 0 radical (unpaired) electrons. The lowest BCUT2D eigenvalue weighted by molar-refractivity contribution is -0.164. The van der Waals surface area contributed by atoms with E-state index in [-0.39, 0.29) is 17.1 Å². The van der Waals surface area contributed by atoms with Crippen LogP contribution in [0.2, 0.25) is 5.02 Å². The number of benzene rings is 2. The van der Waals surface area contributed by atoms with E-state index in [0.29, 0.717) is 56.9 Å². The molecule has 2 bridgehead atoms. The van der Waals surface area contributed by atoms with Crippen molar-refractivity contribution in [3.8, 4) is 5.75 Å². The van der Waals surface area contributed by atoms with E-state index < -0.39 is 23.9 Å². The third-order valence-electron chi connectivity index (χ3n) is 10.6. The smallest absolute Gasteiger partial charge is 0.340 e.